The first-order valence-corrected chi connectivity index (χ1v) is 12.9. The number of piperidine rings is 1. The van der Waals surface area contributed by atoms with Gasteiger partial charge in [0.2, 0.25) is 5.91 Å². The summed E-state index contributed by atoms with van der Waals surface area (Å²) < 4.78 is 1.87. The minimum absolute atomic E-state index is 0.0315. The van der Waals surface area contributed by atoms with E-state index in [4.69, 9.17) is 0 Å². The van der Waals surface area contributed by atoms with Crippen molar-refractivity contribution < 1.29 is 9.59 Å². The summed E-state index contributed by atoms with van der Waals surface area (Å²) in [6, 6.07) is 7.06. The standard InChI is InChI=1S/C25H26N6O3S/c1-14-10-26-17-3-5-21(33)31-12-15(22(14)23(17)31)11-30-8-6-16(7-9-30)27-25(34)18-2-4-19-24(28-18)29-20(32)13-35-19/h2-5,10,15-16H,6-9,11-13H2,1H3,(H,27,34)(H,28,29,32). The van der Waals surface area contributed by atoms with E-state index in [0.717, 1.165) is 54.0 Å². The summed E-state index contributed by atoms with van der Waals surface area (Å²) in [5, 5.41) is 5.85. The van der Waals surface area contributed by atoms with Gasteiger partial charge in [0.25, 0.3) is 11.5 Å². The fourth-order valence-electron chi connectivity index (χ4n) is 5.46. The Hall–Kier alpha value is -3.24. The third-order valence-electron chi connectivity index (χ3n) is 7.16. The maximum Gasteiger partial charge on any atom is 0.270 e. The van der Waals surface area contributed by atoms with Crippen molar-refractivity contribution in [1.82, 2.24) is 24.8 Å². The quantitative estimate of drug-likeness (QED) is 0.577. The minimum atomic E-state index is -0.212. The van der Waals surface area contributed by atoms with Crippen LogP contribution in [0.15, 0.2) is 40.2 Å². The molecule has 3 aliphatic rings. The van der Waals surface area contributed by atoms with Crippen molar-refractivity contribution in [2.24, 2.45) is 0 Å². The monoisotopic (exact) mass is 490 g/mol. The molecule has 1 atom stereocenters. The Morgan fingerprint density at radius 3 is 2.86 bits per heavy atom. The molecule has 1 saturated heterocycles. The molecule has 6 rings (SSSR count). The summed E-state index contributed by atoms with van der Waals surface area (Å²) >= 11 is 1.43. The molecule has 9 nitrogen and oxygen atoms in total. The number of aryl methyl sites for hydroxylation is 1. The van der Waals surface area contributed by atoms with E-state index in [1.165, 1.54) is 17.3 Å². The van der Waals surface area contributed by atoms with Gasteiger partial charge in [0.05, 0.1) is 21.7 Å². The Bertz CT molecular complexity index is 1410. The van der Waals surface area contributed by atoms with Crippen LogP contribution in [0.25, 0.3) is 11.0 Å². The second-order valence-corrected chi connectivity index (χ2v) is 10.5. The van der Waals surface area contributed by atoms with Gasteiger partial charge in [-0.2, -0.15) is 0 Å². The average Bonchev–Trinajstić information content (AvgIpc) is 3.24. The lowest BCUT2D eigenvalue weighted by atomic mass is 9.95. The van der Waals surface area contributed by atoms with Crippen LogP contribution >= 0.6 is 11.8 Å². The predicted octanol–water partition coefficient (Wildman–Crippen LogP) is 2.14. The normalized spacial score (nSPS) is 20.0. The fraction of sp³-hybridized carbons (Fsp3) is 0.400. The second kappa shape index (κ2) is 8.76. The Morgan fingerprint density at radius 2 is 2.03 bits per heavy atom. The van der Waals surface area contributed by atoms with Crippen molar-refractivity contribution in [3.05, 3.63) is 57.6 Å². The van der Waals surface area contributed by atoms with Crippen molar-refractivity contribution in [2.75, 3.05) is 30.7 Å². The average molecular weight is 491 g/mol. The van der Waals surface area contributed by atoms with Crippen LogP contribution in [0.4, 0.5) is 5.82 Å². The van der Waals surface area contributed by atoms with E-state index < -0.39 is 0 Å². The molecule has 0 aliphatic carbocycles. The summed E-state index contributed by atoms with van der Waals surface area (Å²) in [5.41, 5.74) is 4.59. The molecule has 10 heteroatoms. The van der Waals surface area contributed by atoms with Crippen LogP contribution in [-0.4, -0.2) is 62.7 Å². The van der Waals surface area contributed by atoms with E-state index in [2.05, 4.69) is 32.4 Å². The van der Waals surface area contributed by atoms with Gasteiger partial charge in [-0.25, -0.2) is 4.98 Å². The molecule has 3 aromatic rings. The Morgan fingerprint density at radius 1 is 1.20 bits per heavy atom. The highest BCUT2D eigenvalue weighted by atomic mass is 32.2. The van der Waals surface area contributed by atoms with E-state index in [0.29, 0.717) is 23.8 Å². The van der Waals surface area contributed by atoms with Crippen LogP contribution in [0.1, 0.15) is 40.4 Å². The predicted molar refractivity (Wildman–Crippen MR) is 134 cm³/mol. The molecule has 1 fully saturated rings. The number of rotatable bonds is 4. The molecule has 0 saturated carbocycles. The summed E-state index contributed by atoms with van der Waals surface area (Å²) in [5.74, 6) is 0.781. The third-order valence-corrected chi connectivity index (χ3v) is 8.21. The molecule has 0 aromatic carbocycles. The van der Waals surface area contributed by atoms with Crippen LogP contribution in [0.2, 0.25) is 0 Å². The molecule has 3 aromatic heterocycles. The first-order chi connectivity index (χ1) is 17.0. The number of fused-ring (bicyclic) bond motifs is 1. The van der Waals surface area contributed by atoms with Gasteiger partial charge in [0.15, 0.2) is 0 Å². The van der Waals surface area contributed by atoms with Crippen LogP contribution in [0, 0.1) is 6.92 Å². The van der Waals surface area contributed by atoms with E-state index in [1.54, 1.807) is 12.1 Å². The number of aromatic nitrogens is 3. The molecular weight excluding hydrogens is 464 g/mol. The molecule has 0 spiro atoms. The van der Waals surface area contributed by atoms with E-state index in [1.807, 2.05) is 22.9 Å². The number of carbonyl (C=O) groups excluding carboxylic acids is 2. The number of hydrogen-bond acceptors (Lipinski definition) is 7. The third kappa shape index (κ3) is 4.10. The first kappa shape index (κ1) is 22.2. The molecule has 180 valence electrons. The number of anilines is 1. The molecule has 2 amide bonds. The van der Waals surface area contributed by atoms with Gasteiger partial charge >= 0.3 is 0 Å². The van der Waals surface area contributed by atoms with Crippen LogP contribution in [0.5, 0.6) is 0 Å². The number of carbonyl (C=O) groups is 2. The largest absolute Gasteiger partial charge is 0.348 e. The fourth-order valence-corrected chi connectivity index (χ4v) is 6.21. The number of hydrogen-bond donors (Lipinski definition) is 2. The van der Waals surface area contributed by atoms with Crippen molar-refractivity contribution >= 4 is 40.4 Å². The number of nitrogens with one attached hydrogen (secondary N) is 2. The molecule has 6 heterocycles. The zero-order chi connectivity index (χ0) is 24.1. The van der Waals surface area contributed by atoms with Crippen LogP contribution < -0.4 is 16.2 Å². The topological polar surface area (TPSA) is 109 Å². The molecule has 0 bridgehead atoms. The van der Waals surface area contributed by atoms with E-state index in [9.17, 15) is 14.4 Å². The lowest BCUT2D eigenvalue weighted by molar-refractivity contribution is -0.113. The Labute approximate surface area is 206 Å². The van der Waals surface area contributed by atoms with Gasteiger partial charge in [-0.15, -0.1) is 11.8 Å². The van der Waals surface area contributed by atoms with Crippen LogP contribution in [0.3, 0.4) is 0 Å². The SMILES string of the molecule is Cc1cnc2ccc(=O)n3c2c1C(CN1CCC(NC(=O)c2ccc4c(n2)NC(=O)CS4)CC1)C3. The minimum Gasteiger partial charge on any atom is -0.348 e. The molecule has 1 unspecified atom stereocenters. The zero-order valence-corrected chi connectivity index (χ0v) is 20.2. The highest BCUT2D eigenvalue weighted by molar-refractivity contribution is 8.00. The number of thioether (sulfide) groups is 1. The van der Waals surface area contributed by atoms with Gasteiger partial charge in [-0.1, -0.05) is 0 Å². The molecule has 3 aliphatic heterocycles. The van der Waals surface area contributed by atoms with Gasteiger partial charge in [0.1, 0.15) is 11.5 Å². The van der Waals surface area contributed by atoms with Gasteiger partial charge in [-0.3, -0.25) is 19.4 Å². The van der Waals surface area contributed by atoms with Crippen molar-refractivity contribution in [3.8, 4) is 0 Å². The number of nitrogens with zero attached hydrogens (tertiary/aromatic N) is 4. The van der Waals surface area contributed by atoms with Crippen molar-refractivity contribution in [3.63, 3.8) is 0 Å². The van der Waals surface area contributed by atoms with Gasteiger partial charge < -0.3 is 20.1 Å². The molecule has 2 N–H and O–H groups in total. The highest BCUT2D eigenvalue weighted by Crippen LogP contribution is 2.35. The lowest BCUT2D eigenvalue weighted by Gasteiger charge is -2.34. The van der Waals surface area contributed by atoms with Gasteiger partial charge in [0, 0.05) is 50.4 Å². The van der Waals surface area contributed by atoms with Crippen LogP contribution in [-0.2, 0) is 11.3 Å². The van der Waals surface area contributed by atoms with Gasteiger partial charge in [-0.05, 0) is 49.1 Å². The summed E-state index contributed by atoms with van der Waals surface area (Å²) in [4.78, 5) is 49.1. The Kier molecular flexibility index (Phi) is 5.57. The summed E-state index contributed by atoms with van der Waals surface area (Å²) in [6.07, 6.45) is 3.62. The van der Waals surface area contributed by atoms with Crippen molar-refractivity contribution in [1.29, 1.82) is 0 Å². The van der Waals surface area contributed by atoms with E-state index >= 15 is 0 Å². The number of likely N-dealkylation sites (tertiary alicyclic amines) is 1. The lowest BCUT2D eigenvalue weighted by Crippen LogP contribution is -2.45. The highest BCUT2D eigenvalue weighted by Gasteiger charge is 2.31. The zero-order valence-electron chi connectivity index (χ0n) is 19.4. The first-order valence-electron chi connectivity index (χ1n) is 11.9. The number of pyridine rings is 3. The second-order valence-electron chi connectivity index (χ2n) is 9.50. The smallest absolute Gasteiger partial charge is 0.270 e. The summed E-state index contributed by atoms with van der Waals surface area (Å²) in [7, 11) is 0. The van der Waals surface area contributed by atoms with Crippen molar-refractivity contribution in [2.45, 2.75) is 43.2 Å². The number of amides is 2. The molecular formula is C25H26N6O3S. The Balaban J connectivity index is 1.08. The summed E-state index contributed by atoms with van der Waals surface area (Å²) in [6.45, 7) is 5.40. The maximum atomic E-state index is 12.8. The molecule has 35 heavy (non-hydrogen) atoms. The molecule has 0 radical (unpaired) electrons. The maximum absolute atomic E-state index is 12.8. The van der Waals surface area contributed by atoms with E-state index in [-0.39, 0.29) is 29.3 Å².